The number of carbonyl (C=O) groups is 1. The van der Waals surface area contributed by atoms with Gasteiger partial charge in [-0.05, 0) is 54.1 Å². The number of nitrogens with one attached hydrogen (secondary N) is 1. The second-order valence-corrected chi connectivity index (χ2v) is 7.46. The van der Waals surface area contributed by atoms with E-state index in [1.54, 1.807) is 60.7 Å². The van der Waals surface area contributed by atoms with Gasteiger partial charge in [-0.25, -0.2) is 0 Å². The summed E-state index contributed by atoms with van der Waals surface area (Å²) in [6.45, 7) is 0.220. The van der Waals surface area contributed by atoms with E-state index in [4.69, 9.17) is 39.5 Å². The fourth-order valence-corrected chi connectivity index (χ4v) is 3.08. The molecule has 0 heterocycles. The molecule has 0 atom stereocenters. The summed E-state index contributed by atoms with van der Waals surface area (Å²) < 4.78 is 5.87. The largest absolute Gasteiger partial charge is 0.488 e. The minimum Gasteiger partial charge on any atom is -0.488 e. The summed E-state index contributed by atoms with van der Waals surface area (Å²) in [5, 5.41) is 13.5. The van der Waals surface area contributed by atoms with Crippen molar-refractivity contribution in [3.63, 3.8) is 0 Å². The van der Waals surface area contributed by atoms with Crippen molar-refractivity contribution in [2.45, 2.75) is 6.61 Å². The van der Waals surface area contributed by atoms with Crippen LogP contribution in [0.5, 0.6) is 5.75 Å². The number of rotatable bonds is 6. The van der Waals surface area contributed by atoms with Crippen LogP contribution in [0.25, 0.3) is 6.08 Å². The molecule has 0 aromatic heterocycles. The predicted octanol–water partition coefficient (Wildman–Crippen LogP) is 6.77. The lowest BCUT2D eigenvalue weighted by Gasteiger charge is -2.11. The highest BCUT2D eigenvalue weighted by Gasteiger charge is 2.12. The van der Waals surface area contributed by atoms with Crippen LogP contribution in [0.3, 0.4) is 0 Å². The molecule has 3 aromatic rings. The second-order valence-electron chi connectivity index (χ2n) is 6.21. The summed E-state index contributed by atoms with van der Waals surface area (Å²) in [6, 6.07) is 21.0. The smallest absolute Gasteiger partial charge is 0.266 e. The number of hydrogen-bond donors (Lipinski definition) is 1. The highest BCUT2D eigenvalue weighted by Crippen LogP contribution is 2.28. The molecule has 0 unspecified atom stereocenters. The van der Waals surface area contributed by atoms with Gasteiger partial charge in [-0.15, -0.1) is 0 Å². The highest BCUT2D eigenvalue weighted by molar-refractivity contribution is 6.42. The Morgan fingerprint density at radius 3 is 2.47 bits per heavy atom. The molecule has 0 aliphatic carbocycles. The number of para-hydroxylation sites is 1. The predicted molar refractivity (Wildman–Crippen MR) is 121 cm³/mol. The van der Waals surface area contributed by atoms with Crippen LogP contribution in [-0.2, 0) is 11.4 Å². The van der Waals surface area contributed by atoms with Crippen LogP contribution in [0.15, 0.2) is 72.3 Å². The molecule has 30 heavy (non-hydrogen) atoms. The van der Waals surface area contributed by atoms with Gasteiger partial charge in [0.15, 0.2) is 0 Å². The SMILES string of the molecule is N#C/C(=C\c1cc(Cl)ccc1OCc1ccc(Cl)c(Cl)c1)C(=O)Nc1ccccc1. The third kappa shape index (κ3) is 5.77. The third-order valence-electron chi connectivity index (χ3n) is 4.05. The number of nitrogens with zero attached hydrogens (tertiary/aromatic N) is 1. The number of hydrogen-bond acceptors (Lipinski definition) is 3. The molecular formula is C23H15Cl3N2O2. The Morgan fingerprint density at radius 2 is 1.77 bits per heavy atom. The van der Waals surface area contributed by atoms with E-state index in [0.29, 0.717) is 32.1 Å². The molecular weight excluding hydrogens is 443 g/mol. The first-order chi connectivity index (χ1) is 14.5. The monoisotopic (exact) mass is 456 g/mol. The zero-order valence-corrected chi connectivity index (χ0v) is 17.8. The zero-order chi connectivity index (χ0) is 21.5. The first-order valence-electron chi connectivity index (χ1n) is 8.81. The lowest BCUT2D eigenvalue weighted by molar-refractivity contribution is -0.112. The van der Waals surface area contributed by atoms with Crippen LogP contribution >= 0.6 is 34.8 Å². The van der Waals surface area contributed by atoms with E-state index in [9.17, 15) is 10.1 Å². The van der Waals surface area contributed by atoms with Gasteiger partial charge in [0.25, 0.3) is 5.91 Å². The minimum absolute atomic E-state index is 0.0829. The number of ether oxygens (including phenoxy) is 1. The van der Waals surface area contributed by atoms with E-state index >= 15 is 0 Å². The fraction of sp³-hybridized carbons (Fsp3) is 0.0435. The summed E-state index contributed by atoms with van der Waals surface area (Å²) >= 11 is 18.1. The number of nitriles is 1. The van der Waals surface area contributed by atoms with E-state index in [2.05, 4.69) is 5.32 Å². The normalized spacial score (nSPS) is 10.9. The molecule has 0 saturated carbocycles. The average molecular weight is 458 g/mol. The molecule has 1 N–H and O–H groups in total. The van der Waals surface area contributed by atoms with Crippen molar-refractivity contribution in [3.8, 4) is 11.8 Å². The average Bonchev–Trinajstić information content (AvgIpc) is 2.74. The lowest BCUT2D eigenvalue weighted by Crippen LogP contribution is -2.13. The van der Waals surface area contributed by atoms with Gasteiger partial charge in [-0.3, -0.25) is 4.79 Å². The molecule has 0 bridgehead atoms. The van der Waals surface area contributed by atoms with Crippen LogP contribution < -0.4 is 10.1 Å². The van der Waals surface area contributed by atoms with Gasteiger partial charge in [0.2, 0.25) is 0 Å². The van der Waals surface area contributed by atoms with Crippen molar-refractivity contribution in [3.05, 3.63) is 98.5 Å². The second kappa shape index (κ2) is 10.2. The number of anilines is 1. The van der Waals surface area contributed by atoms with E-state index in [-0.39, 0.29) is 12.2 Å². The van der Waals surface area contributed by atoms with Crippen molar-refractivity contribution in [2.24, 2.45) is 0 Å². The molecule has 0 aliphatic heterocycles. The summed E-state index contributed by atoms with van der Waals surface area (Å²) in [5.41, 5.74) is 1.82. The maximum Gasteiger partial charge on any atom is 0.266 e. The van der Waals surface area contributed by atoms with E-state index < -0.39 is 5.91 Å². The van der Waals surface area contributed by atoms with Crippen LogP contribution in [0.4, 0.5) is 5.69 Å². The van der Waals surface area contributed by atoms with Gasteiger partial charge >= 0.3 is 0 Å². The van der Waals surface area contributed by atoms with Crippen LogP contribution in [0.1, 0.15) is 11.1 Å². The maximum atomic E-state index is 12.5. The topological polar surface area (TPSA) is 62.1 Å². The standard InChI is InChI=1S/C23H15Cl3N2O2/c24-18-7-9-22(30-14-15-6-8-20(25)21(26)10-15)16(12-18)11-17(13-27)23(29)28-19-4-2-1-3-5-19/h1-12H,14H2,(H,28,29)/b17-11+. The Hall–Kier alpha value is -2.97. The lowest BCUT2D eigenvalue weighted by atomic mass is 10.1. The first-order valence-corrected chi connectivity index (χ1v) is 9.94. The Morgan fingerprint density at radius 1 is 1.00 bits per heavy atom. The Bertz CT molecular complexity index is 1140. The third-order valence-corrected chi connectivity index (χ3v) is 5.02. The zero-order valence-electron chi connectivity index (χ0n) is 15.5. The first kappa shape index (κ1) is 21.7. The van der Waals surface area contributed by atoms with Crippen molar-refractivity contribution >= 4 is 52.5 Å². The van der Waals surface area contributed by atoms with Gasteiger partial charge in [0.05, 0.1) is 10.0 Å². The Kier molecular flexibility index (Phi) is 7.37. The highest BCUT2D eigenvalue weighted by atomic mass is 35.5. The van der Waals surface area contributed by atoms with Crippen LogP contribution in [0.2, 0.25) is 15.1 Å². The fourth-order valence-electron chi connectivity index (χ4n) is 2.58. The minimum atomic E-state index is -0.529. The van der Waals surface area contributed by atoms with Crippen molar-refractivity contribution in [1.82, 2.24) is 0 Å². The summed E-state index contributed by atoms with van der Waals surface area (Å²) in [6.07, 6.45) is 1.44. The molecule has 3 rings (SSSR count). The molecule has 0 saturated heterocycles. The summed E-state index contributed by atoms with van der Waals surface area (Å²) in [7, 11) is 0. The Balaban J connectivity index is 1.83. The summed E-state index contributed by atoms with van der Waals surface area (Å²) in [5.74, 6) is -0.0650. The molecule has 4 nitrogen and oxygen atoms in total. The number of halogens is 3. The van der Waals surface area contributed by atoms with E-state index in [1.807, 2.05) is 12.1 Å². The van der Waals surface area contributed by atoms with E-state index in [1.165, 1.54) is 6.08 Å². The van der Waals surface area contributed by atoms with Gasteiger partial charge in [0, 0.05) is 16.3 Å². The number of amides is 1. The number of carbonyl (C=O) groups excluding carboxylic acids is 1. The van der Waals surface area contributed by atoms with Crippen molar-refractivity contribution in [1.29, 1.82) is 5.26 Å². The van der Waals surface area contributed by atoms with Crippen LogP contribution in [-0.4, -0.2) is 5.91 Å². The number of benzene rings is 3. The molecule has 0 fully saturated rings. The maximum absolute atomic E-state index is 12.5. The van der Waals surface area contributed by atoms with Gasteiger partial charge < -0.3 is 10.1 Å². The quantitative estimate of drug-likeness (QED) is 0.328. The van der Waals surface area contributed by atoms with Gasteiger partial charge in [-0.1, -0.05) is 59.1 Å². The molecule has 0 radical (unpaired) electrons. The Labute approximate surface area is 189 Å². The molecule has 3 aromatic carbocycles. The summed E-state index contributed by atoms with van der Waals surface area (Å²) in [4.78, 5) is 12.5. The molecule has 0 aliphatic rings. The molecule has 1 amide bonds. The van der Waals surface area contributed by atoms with Gasteiger partial charge in [0.1, 0.15) is 24.0 Å². The molecule has 0 spiro atoms. The van der Waals surface area contributed by atoms with Crippen molar-refractivity contribution in [2.75, 3.05) is 5.32 Å². The van der Waals surface area contributed by atoms with E-state index in [0.717, 1.165) is 5.56 Å². The van der Waals surface area contributed by atoms with Crippen LogP contribution in [0, 0.1) is 11.3 Å². The van der Waals surface area contributed by atoms with Crippen molar-refractivity contribution < 1.29 is 9.53 Å². The molecule has 150 valence electrons. The molecule has 7 heteroatoms. The van der Waals surface area contributed by atoms with Gasteiger partial charge in [-0.2, -0.15) is 5.26 Å².